The molecule has 0 atom stereocenters. The van der Waals surface area contributed by atoms with Crippen LogP contribution < -0.4 is 4.90 Å². The Morgan fingerprint density at radius 3 is 2.57 bits per heavy atom. The van der Waals surface area contributed by atoms with Gasteiger partial charge >= 0.3 is 6.18 Å². The highest BCUT2D eigenvalue weighted by Crippen LogP contribution is 2.31. The number of piperazine rings is 1. The van der Waals surface area contributed by atoms with Gasteiger partial charge < -0.3 is 4.90 Å². The first kappa shape index (κ1) is 23.7. The predicted octanol–water partition coefficient (Wildman–Crippen LogP) is 4.51. The fourth-order valence-corrected chi connectivity index (χ4v) is 5.38. The summed E-state index contributed by atoms with van der Waals surface area (Å²) in [5, 5.41) is 14.8. The molecule has 4 aromatic heterocycles. The van der Waals surface area contributed by atoms with Crippen LogP contribution in [0.15, 0.2) is 71.1 Å². The molecule has 1 aliphatic heterocycles. The number of alkyl halides is 3. The number of pyridine rings is 2. The van der Waals surface area contributed by atoms with E-state index >= 15 is 0 Å². The van der Waals surface area contributed by atoms with Crippen LogP contribution >= 0.6 is 11.8 Å². The van der Waals surface area contributed by atoms with Gasteiger partial charge in [0.2, 0.25) is 0 Å². The molecule has 1 aromatic carbocycles. The van der Waals surface area contributed by atoms with Crippen LogP contribution in [0.5, 0.6) is 0 Å². The van der Waals surface area contributed by atoms with Crippen molar-refractivity contribution in [2.24, 2.45) is 7.05 Å². The molecule has 1 aliphatic rings. The predicted molar refractivity (Wildman–Crippen MR) is 136 cm³/mol. The highest BCUT2D eigenvalue weighted by Gasteiger charge is 2.32. The lowest BCUT2D eigenvalue weighted by Gasteiger charge is -2.36. The van der Waals surface area contributed by atoms with E-state index in [1.165, 1.54) is 16.7 Å². The van der Waals surface area contributed by atoms with E-state index in [1.807, 2.05) is 60.2 Å². The monoisotopic (exact) mass is 524 g/mol. The minimum atomic E-state index is -4.17. The third kappa shape index (κ3) is 5.12. The third-order valence-electron chi connectivity index (χ3n) is 6.37. The Labute approximate surface area is 214 Å². The van der Waals surface area contributed by atoms with E-state index in [-0.39, 0.29) is 0 Å². The number of nitrogens with zero attached hydrogens (tertiary/aromatic N) is 8. The maximum Gasteiger partial charge on any atom is 0.401 e. The molecular formula is C25H23F3N8S. The van der Waals surface area contributed by atoms with Crippen molar-refractivity contribution in [3.63, 3.8) is 0 Å². The minimum Gasteiger partial charge on any atom is -0.368 e. The minimum absolute atomic E-state index is 0.369. The maximum atomic E-state index is 12.7. The van der Waals surface area contributed by atoms with E-state index in [4.69, 9.17) is 0 Å². The van der Waals surface area contributed by atoms with Crippen LogP contribution in [0.3, 0.4) is 0 Å². The zero-order valence-electron chi connectivity index (χ0n) is 19.9. The van der Waals surface area contributed by atoms with Crippen LogP contribution in [0, 0.1) is 0 Å². The molecule has 37 heavy (non-hydrogen) atoms. The summed E-state index contributed by atoms with van der Waals surface area (Å²) in [6, 6.07) is 13.9. The summed E-state index contributed by atoms with van der Waals surface area (Å²) < 4.78 is 41.9. The van der Waals surface area contributed by atoms with E-state index in [0.29, 0.717) is 26.2 Å². The number of hydrogen-bond acceptors (Lipinski definition) is 7. The Hall–Kier alpha value is -3.64. The molecule has 1 fully saturated rings. The Kier molecular flexibility index (Phi) is 6.00. The van der Waals surface area contributed by atoms with Gasteiger partial charge in [0.1, 0.15) is 0 Å². The number of fused-ring (bicyclic) bond motifs is 2. The average Bonchev–Trinajstić information content (AvgIpc) is 3.49. The zero-order valence-corrected chi connectivity index (χ0v) is 20.7. The lowest BCUT2D eigenvalue weighted by molar-refractivity contribution is -0.146. The van der Waals surface area contributed by atoms with Crippen molar-refractivity contribution < 1.29 is 13.2 Å². The number of hydrogen-bond donors (Lipinski definition) is 0. The van der Waals surface area contributed by atoms with Crippen molar-refractivity contribution in [2.45, 2.75) is 16.2 Å². The van der Waals surface area contributed by atoms with Crippen LogP contribution in [0.4, 0.5) is 18.9 Å². The van der Waals surface area contributed by atoms with Crippen LogP contribution in [-0.2, 0) is 7.05 Å². The smallest absolute Gasteiger partial charge is 0.368 e. The molecule has 5 heterocycles. The number of rotatable bonds is 5. The largest absolute Gasteiger partial charge is 0.401 e. The van der Waals surface area contributed by atoms with Gasteiger partial charge in [-0.15, -0.1) is 10.2 Å². The summed E-state index contributed by atoms with van der Waals surface area (Å²) in [5.74, 6) is 0. The first-order chi connectivity index (χ1) is 17.8. The van der Waals surface area contributed by atoms with Gasteiger partial charge in [0.25, 0.3) is 0 Å². The molecule has 0 bridgehead atoms. The fraction of sp³-hybridized carbons (Fsp3) is 0.280. The van der Waals surface area contributed by atoms with Crippen molar-refractivity contribution in [2.75, 3.05) is 37.6 Å². The molecule has 0 saturated carbocycles. The molecule has 0 spiro atoms. The van der Waals surface area contributed by atoms with Gasteiger partial charge in [-0.3, -0.25) is 19.0 Å². The Morgan fingerprint density at radius 2 is 1.81 bits per heavy atom. The highest BCUT2D eigenvalue weighted by molar-refractivity contribution is 7.99. The fourth-order valence-electron chi connectivity index (χ4n) is 4.52. The van der Waals surface area contributed by atoms with E-state index in [2.05, 4.69) is 31.2 Å². The molecule has 6 rings (SSSR count). The van der Waals surface area contributed by atoms with Crippen LogP contribution in [0.25, 0.3) is 27.8 Å². The molecule has 0 N–H and O–H groups in total. The van der Waals surface area contributed by atoms with E-state index in [9.17, 15) is 13.2 Å². The Bertz CT molecular complexity index is 1570. The lowest BCUT2D eigenvalue weighted by atomic mass is 10.2. The van der Waals surface area contributed by atoms with Crippen LogP contribution in [0.2, 0.25) is 0 Å². The second-order valence-electron chi connectivity index (χ2n) is 9.03. The molecule has 0 amide bonds. The Balaban J connectivity index is 1.22. The normalized spacial score (nSPS) is 15.2. The van der Waals surface area contributed by atoms with Crippen molar-refractivity contribution in [1.82, 2.24) is 34.3 Å². The van der Waals surface area contributed by atoms with Gasteiger partial charge in [-0.1, -0.05) is 0 Å². The summed E-state index contributed by atoms with van der Waals surface area (Å²) in [7, 11) is 1.88. The highest BCUT2D eigenvalue weighted by atomic mass is 32.2. The number of halogens is 3. The second-order valence-corrected chi connectivity index (χ2v) is 10.1. The Morgan fingerprint density at radius 1 is 0.973 bits per heavy atom. The summed E-state index contributed by atoms with van der Waals surface area (Å²) >= 11 is 1.50. The molecule has 12 heteroatoms. The molecule has 1 saturated heterocycles. The third-order valence-corrected chi connectivity index (χ3v) is 7.32. The SMILES string of the molecule is Cn1ccc(-c2ccc3nnc(Sc4ccc5ncc(N6CCN(CC(F)(F)F)CC6)cc5c4)n3c2)n1. The van der Waals surface area contributed by atoms with Gasteiger partial charge in [0.15, 0.2) is 10.8 Å². The number of aryl methyl sites for hydroxylation is 1. The molecule has 8 nitrogen and oxygen atoms in total. The van der Waals surface area contributed by atoms with Gasteiger partial charge in [-0.05, 0) is 54.2 Å². The molecule has 0 aliphatic carbocycles. The summed E-state index contributed by atoms with van der Waals surface area (Å²) in [6.07, 6.45) is 1.51. The number of anilines is 1. The first-order valence-electron chi connectivity index (χ1n) is 11.8. The molecule has 0 unspecified atom stereocenters. The second kappa shape index (κ2) is 9.34. The summed E-state index contributed by atoms with van der Waals surface area (Å²) in [6.45, 7) is 0.934. The van der Waals surface area contributed by atoms with Gasteiger partial charge in [-0.2, -0.15) is 18.3 Å². The van der Waals surface area contributed by atoms with Crippen LogP contribution in [0.1, 0.15) is 0 Å². The summed E-state index contributed by atoms with van der Waals surface area (Å²) in [5.41, 5.74) is 4.35. The lowest BCUT2D eigenvalue weighted by Crippen LogP contribution is -2.49. The number of benzene rings is 1. The standard InChI is InChI=1S/C25H23F3N8S/c1-33-7-6-22(32-33)17-2-5-23-30-31-24(36(23)15-17)37-20-3-4-21-18(13-20)12-19(14-29-21)35-10-8-34(9-11-35)16-25(26,27)28/h2-7,12-15H,8-11,16H2,1H3. The van der Waals surface area contributed by atoms with Crippen LogP contribution in [-0.4, -0.2) is 73.2 Å². The molecule has 190 valence electrons. The average molecular weight is 525 g/mol. The van der Waals surface area contributed by atoms with E-state index in [0.717, 1.165) is 43.5 Å². The van der Waals surface area contributed by atoms with Crippen molar-refractivity contribution >= 4 is 34.0 Å². The van der Waals surface area contributed by atoms with Crippen molar-refractivity contribution in [3.8, 4) is 11.3 Å². The quantitative estimate of drug-likeness (QED) is 0.335. The number of aromatic nitrogens is 6. The van der Waals surface area contributed by atoms with Crippen molar-refractivity contribution in [3.05, 3.63) is 61.1 Å². The van der Waals surface area contributed by atoms with Crippen molar-refractivity contribution in [1.29, 1.82) is 0 Å². The zero-order chi connectivity index (χ0) is 25.6. The van der Waals surface area contributed by atoms with Gasteiger partial charge in [0, 0.05) is 61.5 Å². The molecule has 5 aromatic rings. The molecular weight excluding hydrogens is 501 g/mol. The van der Waals surface area contributed by atoms with E-state index < -0.39 is 12.7 Å². The van der Waals surface area contributed by atoms with E-state index in [1.54, 1.807) is 10.9 Å². The topological polar surface area (TPSA) is 67.4 Å². The van der Waals surface area contributed by atoms with Gasteiger partial charge in [0.05, 0.1) is 29.6 Å². The first-order valence-corrected chi connectivity index (χ1v) is 12.6. The summed E-state index contributed by atoms with van der Waals surface area (Å²) in [4.78, 5) is 9.10. The molecule has 0 radical (unpaired) electrons. The van der Waals surface area contributed by atoms with Gasteiger partial charge in [-0.25, -0.2) is 0 Å². The maximum absolute atomic E-state index is 12.7.